The smallest absolute Gasteiger partial charge is 0.341 e. The third-order valence-electron chi connectivity index (χ3n) is 4.97. The number of carbonyl (C=O) groups is 4. The van der Waals surface area contributed by atoms with Gasteiger partial charge in [0.15, 0.2) is 6.61 Å². The highest BCUT2D eigenvalue weighted by Gasteiger charge is 2.29. The van der Waals surface area contributed by atoms with Gasteiger partial charge < -0.3 is 20.1 Å². The molecule has 8 nitrogen and oxygen atoms in total. The molecule has 0 atom stereocenters. The number of aryl methyl sites for hydroxylation is 1. The summed E-state index contributed by atoms with van der Waals surface area (Å²) in [6.45, 7) is 5.24. The van der Waals surface area contributed by atoms with Crippen molar-refractivity contribution < 1.29 is 28.7 Å². The number of amides is 2. The van der Waals surface area contributed by atoms with Gasteiger partial charge in [0, 0.05) is 16.5 Å². The first-order chi connectivity index (χ1) is 15.3. The number of esters is 2. The van der Waals surface area contributed by atoms with Crippen LogP contribution in [-0.2, 0) is 25.5 Å². The van der Waals surface area contributed by atoms with Gasteiger partial charge in [-0.05, 0) is 62.9 Å². The van der Waals surface area contributed by atoms with Crippen molar-refractivity contribution >= 4 is 45.8 Å². The molecule has 2 amide bonds. The van der Waals surface area contributed by atoms with Crippen molar-refractivity contribution in [2.45, 2.75) is 40.0 Å². The highest BCUT2D eigenvalue weighted by Crippen LogP contribution is 2.34. The Kier molecular flexibility index (Phi) is 7.63. The zero-order chi connectivity index (χ0) is 23.3. The van der Waals surface area contributed by atoms with Crippen molar-refractivity contribution in [3.05, 3.63) is 45.8 Å². The van der Waals surface area contributed by atoms with Crippen LogP contribution in [0, 0.1) is 12.8 Å². The third-order valence-corrected chi connectivity index (χ3v) is 6.03. The topological polar surface area (TPSA) is 111 Å². The van der Waals surface area contributed by atoms with Crippen molar-refractivity contribution in [3.63, 3.8) is 0 Å². The molecule has 0 unspecified atom stereocenters. The van der Waals surface area contributed by atoms with Gasteiger partial charge in [-0.3, -0.25) is 9.59 Å². The number of hydrogen-bond donors (Lipinski definition) is 2. The Morgan fingerprint density at radius 3 is 2.28 bits per heavy atom. The second kappa shape index (κ2) is 10.4. The first-order valence-electron chi connectivity index (χ1n) is 10.5. The van der Waals surface area contributed by atoms with Crippen LogP contribution in [0.25, 0.3) is 0 Å². The molecule has 1 aromatic heterocycles. The molecule has 1 aromatic carbocycles. The highest BCUT2D eigenvalue weighted by molar-refractivity contribution is 7.16. The lowest BCUT2D eigenvalue weighted by molar-refractivity contribution is -0.119. The summed E-state index contributed by atoms with van der Waals surface area (Å²) in [5, 5.41) is 5.83. The maximum Gasteiger partial charge on any atom is 0.341 e. The Morgan fingerprint density at radius 2 is 1.69 bits per heavy atom. The molecule has 1 heterocycles. The molecule has 9 heteroatoms. The standard InChI is InChI=1S/C23H26N2O6S/c1-4-17-13(3)32-21(19(17)23(29)30-5-2)25-18(26)12-31-22(28)15-8-10-16(11-9-15)24-20(27)14-6-7-14/h8-11,14H,4-7,12H2,1-3H3,(H,24,27)(H,25,26). The summed E-state index contributed by atoms with van der Waals surface area (Å²) in [4.78, 5) is 49.7. The fourth-order valence-corrected chi connectivity index (χ4v) is 4.32. The van der Waals surface area contributed by atoms with E-state index in [1.54, 1.807) is 19.1 Å². The zero-order valence-electron chi connectivity index (χ0n) is 18.3. The summed E-state index contributed by atoms with van der Waals surface area (Å²) in [6.07, 6.45) is 2.44. The van der Waals surface area contributed by atoms with Gasteiger partial charge in [0.2, 0.25) is 5.91 Å². The van der Waals surface area contributed by atoms with Crippen LogP contribution in [0.3, 0.4) is 0 Å². The number of ether oxygens (including phenoxy) is 2. The van der Waals surface area contributed by atoms with Gasteiger partial charge in [-0.25, -0.2) is 9.59 Å². The quantitative estimate of drug-likeness (QED) is 0.551. The molecule has 32 heavy (non-hydrogen) atoms. The Bertz CT molecular complexity index is 1020. The second-order valence-corrected chi connectivity index (χ2v) is 8.60. The van der Waals surface area contributed by atoms with Crippen molar-refractivity contribution in [2.24, 2.45) is 5.92 Å². The maximum absolute atomic E-state index is 12.4. The fraction of sp³-hybridized carbons (Fsp3) is 0.391. The van der Waals surface area contributed by atoms with Crippen molar-refractivity contribution in [2.75, 3.05) is 23.8 Å². The molecule has 170 valence electrons. The molecule has 3 rings (SSSR count). The lowest BCUT2D eigenvalue weighted by Crippen LogP contribution is -2.22. The van der Waals surface area contributed by atoms with Crippen LogP contribution in [-0.4, -0.2) is 37.0 Å². The van der Waals surface area contributed by atoms with E-state index in [1.807, 2.05) is 13.8 Å². The maximum atomic E-state index is 12.4. The van der Waals surface area contributed by atoms with Crippen LogP contribution >= 0.6 is 11.3 Å². The number of hydrogen-bond acceptors (Lipinski definition) is 7. The van der Waals surface area contributed by atoms with Crippen LogP contribution < -0.4 is 10.6 Å². The number of anilines is 2. The molecule has 2 N–H and O–H groups in total. The van der Waals surface area contributed by atoms with Gasteiger partial charge in [-0.15, -0.1) is 11.3 Å². The van der Waals surface area contributed by atoms with Crippen LogP contribution in [0.1, 0.15) is 57.8 Å². The fourth-order valence-electron chi connectivity index (χ4n) is 3.17. The number of nitrogens with one attached hydrogen (secondary N) is 2. The van der Waals surface area contributed by atoms with Gasteiger partial charge in [-0.2, -0.15) is 0 Å². The molecule has 0 spiro atoms. The summed E-state index contributed by atoms with van der Waals surface area (Å²) in [5.74, 6) is -1.64. The molecule has 0 radical (unpaired) electrons. The predicted molar refractivity (Wildman–Crippen MR) is 121 cm³/mol. The minimum Gasteiger partial charge on any atom is -0.462 e. The van der Waals surface area contributed by atoms with E-state index < -0.39 is 24.5 Å². The molecule has 2 aromatic rings. The Balaban J connectivity index is 1.57. The second-order valence-electron chi connectivity index (χ2n) is 7.38. The van der Waals surface area contributed by atoms with E-state index in [2.05, 4.69) is 10.6 Å². The Labute approximate surface area is 190 Å². The molecule has 0 aliphatic heterocycles. The van der Waals surface area contributed by atoms with Crippen LogP contribution in [0.15, 0.2) is 24.3 Å². The number of carbonyl (C=O) groups excluding carboxylic acids is 4. The molecule has 0 saturated heterocycles. The molecular weight excluding hydrogens is 432 g/mol. The van der Waals surface area contributed by atoms with E-state index in [4.69, 9.17) is 9.47 Å². The van der Waals surface area contributed by atoms with E-state index in [-0.39, 0.29) is 24.0 Å². The van der Waals surface area contributed by atoms with E-state index in [1.165, 1.54) is 23.5 Å². The third kappa shape index (κ3) is 5.73. The van der Waals surface area contributed by atoms with Gasteiger partial charge in [0.1, 0.15) is 5.00 Å². The first-order valence-corrected chi connectivity index (χ1v) is 11.3. The average Bonchev–Trinajstić information content (AvgIpc) is 3.57. The predicted octanol–water partition coefficient (Wildman–Crippen LogP) is 3.94. The molecular formula is C23H26N2O6S. The lowest BCUT2D eigenvalue weighted by atomic mass is 10.1. The average molecular weight is 459 g/mol. The molecule has 1 fully saturated rings. The summed E-state index contributed by atoms with van der Waals surface area (Å²) in [5.41, 5.74) is 2.03. The van der Waals surface area contributed by atoms with Crippen LogP contribution in [0.2, 0.25) is 0 Å². The molecule has 1 aliphatic carbocycles. The first kappa shape index (κ1) is 23.5. The van der Waals surface area contributed by atoms with Crippen molar-refractivity contribution in [1.29, 1.82) is 0 Å². The Morgan fingerprint density at radius 1 is 1.00 bits per heavy atom. The van der Waals surface area contributed by atoms with Crippen LogP contribution in [0.4, 0.5) is 10.7 Å². The highest BCUT2D eigenvalue weighted by atomic mass is 32.1. The lowest BCUT2D eigenvalue weighted by Gasteiger charge is -2.09. The SMILES string of the molecule is CCOC(=O)c1c(NC(=O)COC(=O)c2ccc(NC(=O)C3CC3)cc2)sc(C)c1CC. The van der Waals surface area contributed by atoms with Gasteiger partial charge in [0.05, 0.1) is 17.7 Å². The molecule has 1 aliphatic rings. The van der Waals surface area contributed by atoms with Crippen LogP contribution in [0.5, 0.6) is 0 Å². The van der Waals surface area contributed by atoms with Gasteiger partial charge >= 0.3 is 11.9 Å². The van der Waals surface area contributed by atoms with E-state index in [0.717, 1.165) is 23.3 Å². The molecule has 0 bridgehead atoms. The normalized spacial score (nSPS) is 12.7. The summed E-state index contributed by atoms with van der Waals surface area (Å²) in [6, 6.07) is 6.28. The number of rotatable bonds is 9. The zero-order valence-corrected chi connectivity index (χ0v) is 19.1. The summed E-state index contributed by atoms with van der Waals surface area (Å²) >= 11 is 1.28. The molecule has 1 saturated carbocycles. The van der Waals surface area contributed by atoms with E-state index >= 15 is 0 Å². The Hall–Kier alpha value is -3.20. The summed E-state index contributed by atoms with van der Waals surface area (Å²) < 4.78 is 10.2. The summed E-state index contributed by atoms with van der Waals surface area (Å²) in [7, 11) is 0. The van der Waals surface area contributed by atoms with E-state index in [9.17, 15) is 19.2 Å². The van der Waals surface area contributed by atoms with Gasteiger partial charge in [-0.1, -0.05) is 6.92 Å². The van der Waals surface area contributed by atoms with Gasteiger partial charge in [0.25, 0.3) is 5.91 Å². The van der Waals surface area contributed by atoms with Crippen molar-refractivity contribution in [3.8, 4) is 0 Å². The minimum atomic E-state index is -0.664. The van der Waals surface area contributed by atoms with E-state index in [0.29, 0.717) is 22.7 Å². The van der Waals surface area contributed by atoms with Crippen molar-refractivity contribution in [1.82, 2.24) is 0 Å². The minimum absolute atomic E-state index is 0.0192. The largest absolute Gasteiger partial charge is 0.462 e. The number of thiophene rings is 1. The number of benzene rings is 1. The monoisotopic (exact) mass is 458 g/mol.